The maximum absolute atomic E-state index is 6.36. The molecule has 0 fully saturated rings. The largest absolute Gasteiger partial charge is 0.324 e. The molecule has 1 unspecified atom stereocenters. The zero-order valence-corrected chi connectivity index (χ0v) is 13.6. The lowest BCUT2D eigenvalue weighted by Gasteiger charge is -2.14. The molecular weight excluding hydrogens is 349 g/mol. The fourth-order valence-corrected chi connectivity index (χ4v) is 3.02. The molecule has 0 spiro atoms. The summed E-state index contributed by atoms with van der Waals surface area (Å²) in [6.45, 7) is 5.15. The Hall–Kier alpha value is -0.880. The lowest BCUT2D eigenvalue weighted by Crippen LogP contribution is -2.17. The summed E-state index contributed by atoms with van der Waals surface area (Å²) in [5, 5.41) is 4.58. The van der Waals surface area contributed by atoms with Crippen molar-refractivity contribution < 1.29 is 0 Å². The summed E-state index contributed by atoms with van der Waals surface area (Å²) in [5.74, 6) is 0. The van der Waals surface area contributed by atoms with Crippen molar-refractivity contribution in [2.24, 2.45) is 5.73 Å². The summed E-state index contributed by atoms with van der Waals surface area (Å²) in [7, 11) is 0. The van der Waals surface area contributed by atoms with Crippen molar-refractivity contribution in [3.63, 3.8) is 0 Å². The normalized spacial score (nSPS) is 12.6. The molecule has 1 aromatic heterocycles. The van der Waals surface area contributed by atoms with E-state index in [4.69, 9.17) is 5.73 Å². The van der Waals surface area contributed by atoms with Gasteiger partial charge >= 0.3 is 0 Å². The first kappa shape index (κ1) is 14.5. The molecule has 0 amide bonds. The number of halogens is 1. The second kappa shape index (κ2) is 6.52. The molecule has 0 bridgehead atoms. The van der Waals surface area contributed by atoms with Gasteiger partial charge in [0, 0.05) is 28.3 Å². The summed E-state index contributed by atoms with van der Waals surface area (Å²) < 4.78 is 3.29. The van der Waals surface area contributed by atoms with Crippen molar-refractivity contribution in [3.05, 3.63) is 50.9 Å². The number of aryl methyl sites for hydroxylation is 2. The van der Waals surface area contributed by atoms with Crippen LogP contribution >= 0.6 is 22.6 Å². The van der Waals surface area contributed by atoms with Crippen LogP contribution in [0.5, 0.6) is 0 Å². The minimum atomic E-state index is 0.0276. The zero-order chi connectivity index (χ0) is 13.8. The van der Waals surface area contributed by atoms with Gasteiger partial charge in [0.25, 0.3) is 0 Å². The standard InChI is InChI=1S/C15H20IN3/c1-3-11-9-12(19(4-2)18-11)10-15(17)13-7-5-6-8-14(13)16/h5-9,15H,3-4,10,17H2,1-2H3. The summed E-state index contributed by atoms with van der Waals surface area (Å²) in [6, 6.07) is 10.5. The molecule has 1 aromatic carbocycles. The molecule has 2 rings (SSSR count). The van der Waals surface area contributed by atoms with Crippen molar-refractivity contribution in [1.29, 1.82) is 0 Å². The first-order valence-electron chi connectivity index (χ1n) is 6.71. The molecule has 2 aromatic rings. The van der Waals surface area contributed by atoms with E-state index in [9.17, 15) is 0 Å². The number of hydrogen-bond acceptors (Lipinski definition) is 2. The van der Waals surface area contributed by atoms with Crippen molar-refractivity contribution in [2.45, 2.75) is 39.3 Å². The van der Waals surface area contributed by atoms with Gasteiger partial charge in [0.05, 0.1) is 5.69 Å². The Morgan fingerprint density at radius 1 is 1.32 bits per heavy atom. The van der Waals surface area contributed by atoms with E-state index in [-0.39, 0.29) is 6.04 Å². The number of nitrogens with zero attached hydrogens (tertiary/aromatic N) is 2. The van der Waals surface area contributed by atoms with E-state index in [1.54, 1.807) is 0 Å². The van der Waals surface area contributed by atoms with Gasteiger partial charge in [-0.3, -0.25) is 4.68 Å². The highest BCUT2D eigenvalue weighted by Gasteiger charge is 2.14. The van der Waals surface area contributed by atoms with Gasteiger partial charge in [0.1, 0.15) is 0 Å². The lowest BCUT2D eigenvalue weighted by atomic mass is 10.0. The molecule has 0 aliphatic carbocycles. The van der Waals surface area contributed by atoms with E-state index in [1.807, 2.05) is 12.1 Å². The molecule has 0 aliphatic heterocycles. The molecular formula is C15H20IN3. The Bertz CT molecular complexity index is 548. The van der Waals surface area contributed by atoms with E-state index < -0.39 is 0 Å². The molecule has 2 N–H and O–H groups in total. The van der Waals surface area contributed by atoms with Crippen LogP contribution in [0.25, 0.3) is 0 Å². The van der Waals surface area contributed by atoms with Crippen LogP contribution < -0.4 is 5.73 Å². The third-order valence-corrected chi connectivity index (χ3v) is 4.29. The lowest BCUT2D eigenvalue weighted by molar-refractivity contribution is 0.584. The van der Waals surface area contributed by atoms with Gasteiger partial charge in [0.2, 0.25) is 0 Å². The maximum atomic E-state index is 6.36. The zero-order valence-electron chi connectivity index (χ0n) is 11.4. The first-order valence-corrected chi connectivity index (χ1v) is 7.79. The molecule has 3 nitrogen and oxygen atoms in total. The highest BCUT2D eigenvalue weighted by molar-refractivity contribution is 14.1. The molecule has 102 valence electrons. The Balaban J connectivity index is 2.21. The first-order chi connectivity index (χ1) is 9.15. The van der Waals surface area contributed by atoms with Gasteiger partial charge in [-0.1, -0.05) is 25.1 Å². The highest BCUT2D eigenvalue weighted by Crippen LogP contribution is 2.22. The van der Waals surface area contributed by atoms with Crippen LogP contribution in [-0.4, -0.2) is 9.78 Å². The van der Waals surface area contributed by atoms with E-state index in [0.717, 1.165) is 25.1 Å². The van der Waals surface area contributed by atoms with Gasteiger partial charge in [-0.05, 0) is 53.6 Å². The minimum Gasteiger partial charge on any atom is -0.324 e. The number of aromatic nitrogens is 2. The van der Waals surface area contributed by atoms with Crippen LogP contribution in [0.4, 0.5) is 0 Å². The summed E-state index contributed by atoms with van der Waals surface area (Å²) in [5.41, 5.74) is 9.94. The molecule has 0 saturated carbocycles. The molecule has 0 radical (unpaired) electrons. The van der Waals surface area contributed by atoms with Crippen molar-refractivity contribution in [3.8, 4) is 0 Å². The minimum absolute atomic E-state index is 0.0276. The molecule has 1 heterocycles. The second-order valence-electron chi connectivity index (χ2n) is 4.63. The van der Waals surface area contributed by atoms with Crippen LogP contribution in [0, 0.1) is 3.57 Å². The summed E-state index contributed by atoms with van der Waals surface area (Å²) >= 11 is 2.35. The van der Waals surface area contributed by atoms with Gasteiger partial charge in [0.15, 0.2) is 0 Å². The SMILES string of the molecule is CCc1cc(CC(N)c2ccccc2I)n(CC)n1. The van der Waals surface area contributed by atoms with Crippen molar-refractivity contribution in [2.75, 3.05) is 0 Å². The Morgan fingerprint density at radius 3 is 2.68 bits per heavy atom. The number of nitrogens with two attached hydrogens (primary N) is 1. The smallest absolute Gasteiger partial charge is 0.0624 e. The Kier molecular flexibility index (Phi) is 4.99. The second-order valence-corrected chi connectivity index (χ2v) is 5.79. The predicted molar refractivity (Wildman–Crippen MR) is 87.1 cm³/mol. The molecule has 19 heavy (non-hydrogen) atoms. The van der Waals surface area contributed by atoms with Crippen LogP contribution in [0.3, 0.4) is 0 Å². The van der Waals surface area contributed by atoms with Gasteiger partial charge < -0.3 is 5.73 Å². The Morgan fingerprint density at radius 2 is 2.05 bits per heavy atom. The fourth-order valence-electron chi connectivity index (χ4n) is 2.24. The number of hydrogen-bond donors (Lipinski definition) is 1. The summed E-state index contributed by atoms with van der Waals surface area (Å²) in [4.78, 5) is 0. The van der Waals surface area contributed by atoms with E-state index in [1.165, 1.54) is 14.8 Å². The molecule has 1 atom stereocenters. The van der Waals surface area contributed by atoms with Crippen molar-refractivity contribution in [1.82, 2.24) is 9.78 Å². The van der Waals surface area contributed by atoms with Crippen LogP contribution in [0.1, 0.15) is 36.8 Å². The molecule has 0 aliphatic rings. The molecule has 4 heteroatoms. The fraction of sp³-hybridized carbons (Fsp3) is 0.400. The topological polar surface area (TPSA) is 43.8 Å². The predicted octanol–water partition coefficient (Wildman–Crippen LogP) is 3.31. The van der Waals surface area contributed by atoms with Crippen LogP contribution in [-0.2, 0) is 19.4 Å². The maximum Gasteiger partial charge on any atom is 0.0624 e. The third kappa shape index (κ3) is 3.36. The summed E-state index contributed by atoms with van der Waals surface area (Å²) in [6.07, 6.45) is 1.80. The van der Waals surface area contributed by atoms with Gasteiger partial charge in [-0.2, -0.15) is 5.10 Å². The number of benzene rings is 1. The highest BCUT2D eigenvalue weighted by atomic mass is 127. The monoisotopic (exact) mass is 369 g/mol. The quantitative estimate of drug-likeness (QED) is 0.822. The van der Waals surface area contributed by atoms with Crippen LogP contribution in [0.15, 0.2) is 30.3 Å². The van der Waals surface area contributed by atoms with Crippen molar-refractivity contribution >= 4 is 22.6 Å². The third-order valence-electron chi connectivity index (χ3n) is 3.31. The Labute approximate surface area is 128 Å². The van der Waals surface area contributed by atoms with E-state index >= 15 is 0 Å². The van der Waals surface area contributed by atoms with Gasteiger partial charge in [-0.15, -0.1) is 0 Å². The van der Waals surface area contributed by atoms with E-state index in [2.05, 4.69) is 64.4 Å². The average Bonchev–Trinajstić information content (AvgIpc) is 2.81. The average molecular weight is 369 g/mol. The molecule has 0 saturated heterocycles. The van der Waals surface area contributed by atoms with Gasteiger partial charge in [-0.25, -0.2) is 0 Å². The van der Waals surface area contributed by atoms with E-state index in [0.29, 0.717) is 0 Å². The number of rotatable bonds is 5. The van der Waals surface area contributed by atoms with Crippen LogP contribution in [0.2, 0.25) is 0 Å².